The fourth-order valence-corrected chi connectivity index (χ4v) is 8.03. The van der Waals surface area contributed by atoms with Gasteiger partial charge in [-0.2, -0.15) is 0 Å². The SMILES string of the molecule is CC/C=C\C/C=C\C/C=C\C/C=C\CCCCC(=O)OC(COC(=O)CCCCCCC)COC(=O)CCCCCCCCCCCCCCCCCC/C=C\C/C=C\C/C=C\CCCCCCC. The molecule has 0 aliphatic heterocycles. The predicted octanol–water partition coefficient (Wildman–Crippen LogP) is 19.5. The van der Waals surface area contributed by atoms with Gasteiger partial charge in [-0.3, -0.25) is 14.4 Å². The highest BCUT2D eigenvalue weighted by Crippen LogP contribution is 2.16. The maximum absolute atomic E-state index is 12.7. The minimum absolute atomic E-state index is 0.0921. The van der Waals surface area contributed by atoms with Crippen molar-refractivity contribution in [2.24, 2.45) is 0 Å². The summed E-state index contributed by atoms with van der Waals surface area (Å²) < 4.78 is 16.7. The van der Waals surface area contributed by atoms with E-state index >= 15 is 0 Å². The number of esters is 3. The first-order chi connectivity index (χ1) is 34.0. The van der Waals surface area contributed by atoms with E-state index in [2.05, 4.69) is 106 Å². The van der Waals surface area contributed by atoms with E-state index in [0.717, 1.165) is 96.3 Å². The lowest BCUT2D eigenvalue weighted by Crippen LogP contribution is -2.30. The molecule has 0 rings (SSSR count). The molecule has 0 aromatic heterocycles. The smallest absolute Gasteiger partial charge is 0.306 e. The Kier molecular flexibility index (Phi) is 54.3. The molecule has 0 fully saturated rings. The summed E-state index contributed by atoms with van der Waals surface area (Å²) in [7, 11) is 0. The lowest BCUT2D eigenvalue weighted by molar-refractivity contribution is -0.167. The van der Waals surface area contributed by atoms with Crippen LogP contribution in [0.5, 0.6) is 0 Å². The molecule has 0 spiro atoms. The molecule has 6 heteroatoms. The van der Waals surface area contributed by atoms with Crippen molar-refractivity contribution >= 4 is 17.9 Å². The largest absolute Gasteiger partial charge is 0.462 e. The second-order valence-corrected chi connectivity index (χ2v) is 19.2. The van der Waals surface area contributed by atoms with Crippen LogP contribution < -0.4 is 0 Å². The van der Waals surface area contributed by atoms with Crippen molar-refractivity contribution in [1.29, 1.82) is 0 Å². The van der Waals surface area contributed by atoms with Crippen LogP contribution in [-0.4, -0.2) is 37.2 Å². The predicted molar refractivity (Wildman–Crippen MR) is 297 cm³/mol. The Labute approximate surface area is 426 Å². The second-order valence-electron chi connectivity index (χ2n) is 19.2. The van der Waals surface area contributed by atoms with E-state index in [1.807, 2.05) is 0 Å². The molecule has 0 aliphatic carbocycles. The summed E-state index contributed by atoms with van der Waals surface area (Å²) in [6.07, 6.45) is 75.0. The van der Waals surface area contributed by atoms with Crippen LogP contribution in [0.3, 0.4) is 0 Å². The molecule has 0 aromatic carbocycles. The van der Waals surface area contributed by atoms with Gasteiger partial charge in [-0.05, 0) is 96.3 Å². The Hall–Kier alpha value is -3.41. The van der Waals surface area contributed by atoms with Crippen molar-refractivity contribution < 1.29 is 28.6 Å². The average Bonchev–Trinajstić information content (AvgIpc) is 3.35. The topological polar surface area (TPSA) is 78.9 Å². The van der Waals surface area contributed by atoms with E-state index in [9.17, 15) is 14.4 Å². The highest BCUT2D eigenvalue weighted by atomic mass is 16.6. The van der Waals surface area contributed by atoms with Crippen LogP contribution in [0.25, 0.3) is 0 Å². The Morgan fingerprint density at radius 3 is 0.913 bits per heavy atom. The monoisotopic (exact) mass is 961 g/mol. The van der Waals surface area contributed by atoms with E-state index in [1.54, 1.807) is 0 Å². The van der Waals surface area contributed by atoms with Crippen LogP contribution in [0.1, 0.15) is 278 Å². The van der Waals surface area contributed by atoms with E-state index in [4.69, 9.17) is 14.2 Å². The number of rotatable bonds is 52. The first kappa shape index (κ1) is 65.6. The molecule has 0 saturated carbocycles. The Bertz CT molecular complexity index is 1330. The second kappa shape index (κ2) is 57.2. The molecule has 0 N–H and O–H groups in total. The summed E-state index contributed by atoms with van der Waals surface area (Å²) in [5, 5.41) is 0. The quantitative estimate of drug-likeness (QED) is 0.0262. The van der Waals surface area contributed by atoms with Crippen molar-refractivity contribution in [3.05, 3.63) is 85.1 Å². The van der Waals surface area contributed by atoms with Crippen LogP contribution in [0.15, 0.2) is 85.1 Å². The summed E-state index contributed by atoms with van der Waals surface area (Å²) in [5.74, 6) is -0.946. The standard InChI is InChI=1S/C63H108O6/c1-4-7-10-13-15-17-19-21-23-24-25-26-27-28-29-30-31-32-33-34-35-36-37-38-40-41-43-45-47-50-53-56-62(65)68-59-60(58-67-61(64)55-52-49-12-9-6-3)69-63(66)57-54-51-48-46-44-42-39-22-20-18-16-14-11-8-5-2/h8,11,16,18-19,21-22,24-25,27-28,39,44,46,60H,4-7,9-10,12-15,17,20,23,26,29-38,40-43,45,47-59H2,1-3H3/b11-8-,18-16-,21-19-,25-24-,28-27-,39-22-,46-44-. The van der Waals surface area contributed by atoms with Gasteiger partial charge in [-0.15, -0.1) is 0 Å². The lowest BCUT2D eigenvalue weighted by atomic mass is 10.0. The normalized spacial score (nSPS) is 12.7. The number of carbonyl (C=O) groups excluding carboxylic acids is 3. The van der Waals surface area contributed by atoms with Crippen LogP contribution in [0.4, 0.5) is 0 Å². The third kappa shape index (κ3) is 55.4. The number of hydrogen-bond donors (Lipinski definition) is 0. The summed E-state index contributed by atoms with van der Waals surface area (Å²) in [5.41, 5.74) is 0. The van der Waals surface area contributed by atoms with Crippen molar-refractivity contribution in [1.82, 2.24) is 0 Å². The molecule has 0 aromatic rings. The molecule has 6 nitrogen and oxygen atoms in total. The van der Waals surface area contributed by atoms with Crippen molar-refractivity contribution in [3.8, 4) is 0 Å². The van der Waals surface area contributed by atoms with Gasteiger partial charge >= 0.3 is 17.9 Å². The van der Waals surface area contributed by atoms with E-state index in [0.29, 0.717) is 19.3 Å². The molecule has 1 unspecified atom stereocenters. The Morgan fingerprint density at radius 2 is 0.565 bits per heavy atom. The zero-order chi connectivity index (χ0) is 50.0. The molecule has 0 amide bonds. The number of hydrogen-bond acceptors (Lipinski definition) is 6. The molecule has 0 saturated heterocycles. The number of unbranched alkanes of at least 4 members (excludes halogenated alkanes) is 27. The third-order valence-electron chi connectivity index (χ3n) is 12.4. The van der Waals surface area contributed by atoms with Crippen LogP contribution >= 0.6 is 0 Å². The van der Waals surface area contributed by atoms with Gasteiger partial charge in [0, 0.05) is 19.3 Å². The highest BCUT2D eigenvalue weighted by Gasteiger charge is 2.19. The number of ether oxygens (including phenoxy) is 3. The zero-order valence-corrected chi connectivity index (χ0v) is 45.3. The van der Waals surface area contributed by atoms with Crippen molar-refractivity contribution in [3.63, 3.8) is 0 Å². The molecule has 0 aliphatic rings. The highest BCUT2D eigenvalue weighted by molar-refractivity contribution is 5.71. The van der Waals surface area contributed by atoms with Gasteiger partial charge in [0.1, 0.15) is 13.2 Å². The summed E-state index contributed by atoms with van der Waals surface area (Å²) >= 11 is 0. The summed E-state index contributed by atoms with van der Waals surface area (Å²) in [4.78, 5) is 37.7. The fraction of sp³-hybridized carbons (Fsp3) is 0.730. The molecule has 0 radical (unpaired) electrons. The first-order valence-electron chi connectivity index (χ1n) is 29.1. The summed E-state index contributed by atoms with van der Waals surface area (Å²) in [6, 6.07) is 0. The third-order valence-corrected chi connectivity index (χ3v) is 12.4. The molecular weight excluding hydrogens is 853 g/mol. The van der Waals surface area contributed by atoms with Gasteiger partial charge in [0.2, 0.25) is 0 Å². The van der Waals surface area contributed by atoms with E-state index < -0.39 is 6.10 Å². The Morgan fingerprint density at radius 1 is 0.304 bits per heavy atom. The maximum Gasteiger partial charge on any atom is 0.306 e. The first-order valence-corrected chi connectivity index (χ1v) is 29.1. The summed E-state index contributed by atoms with van der Waals surface area (Å²) in [6.45, 7) is 6.40. The van der Waals surface area contributed by atoms with E-state index in [-0.39, 0.29) is 37.5 Å². The molecule has 0 bridgehead atoms. The van der Waals surface area contributed by atoms with E-state index in [1.165, 1.54) is 135 Å². The average molecular weight is 962 g/mol. The lowest BCUT2D eigenvalue weighted by Gasteiger charge is -2.18. The van der Waals surface area contributed by atoms with Gasteiger partial charge < -0.3 is 14.2 Å². The minimum atomic E-state index is -0.793. The van der Waals surface area contributed by atoms with Crippen molar-refractivity contribution in [2.75, 3.05) is 13.2 Å². The zero-order valence-electron chi connectivity index (χ0n) is 45.3. The molecule has 396 valence electrons. The Balaban J connectivity index is 4.01. The molecule has 69 heavy (non-hydrogen) atoms. The van der Waals surface area contributed by atoms with Gasteiger partial charge in [-0.1, -0.05) is 247 Å². The van der Waals surface area contributed by atoms with Gasteiger partial charge in [-0.25, -0.2) is 0 Å². The van der Waals surface area contributed by atoms with Gasteiger partial charge in [0.25, 0.3) is 0 Å². The fourth-order valence-electron chi connectivity index (χ4n) is 8.03. The molecular formula is C63H108O6. The van der Waals surface area contributed by atoms with Gasteiger partial charge in [0.15, 0.2) is 6.10 Å². The minimum Gasteiger partial charge on any atom is -0.462 e. The van der Waals surface area contributed by atoms with Gasteiger partial charge in [0.05, 0.1) is 0 Å². The van der Waals surface area contributed by atoms with Crippen LogP contribution in [0.2, 0.25) is 0 Å². The van der Waals surface area contributed by atoms with Crippen molar-refractivity contribution in [2.45, 2.75) is 284 Å². The maximum atomic E-state index is 12.7. The number of carbonyl (C=O) groups is 3. The van der Waals surface area contributed by atoms with Crippen LogP contribution in [0, 0.1) is 0 Å². The molecule has 1 atom stereocenters. The van der Waals surface area contributed by atoms with Crippen LogP contribution in [-0.2, 0) is 28.6 Å². The number of allylic oxidation sites excluding steroid dienone is 14. The molecule has 0 heterocycles.